The average molecular weight is 369 g/mol. The van der Waals surface area contributed by atoms with Crippen LogP contribution in [0.2, 0.25) is 0 Å². The highest BCUT2D eigenvalue weighted by Crippen LogP contribution is 2.36. The van der Waals surface area contributed by atoms with Crippen LogP contribution in [0.15, 0.2) is 22.7 Å². The van der Waals surface area contributed by atoms with Crippen molar-refractivity contribution in [1.82, 2.24) is 4.90 Å². The minimum absolute atomic E-state index is 0.137. The van der Waals surface area contributed by atoms with Crippen LogP contribution in [0.3, 0.4) is 0 Å². The van der Waals surface area contributed by atoms with Crippen molar-refractivity contribution in [3.63, 3.8) is 0 Å². The number of rotatable bonds is 4. The number of benzene rings is 1. The first-order valence-electron chi connectivity index (χ1n) is 6.37. The predicted octanol–water partition coefficient (Wildman–Crippen LogP) is 3.93. The van der Waals surface area contributed by atoms with Crippen molar-refractivity contribution in [3.05, 3.63) is 28.2 Å². The molecule has 0 saturated carbocycles. The van der Waals surface area contributed by atoms with Gasteiger partial charge in [-0.25, -0.2) is 0 Å². The van der Waals surface area contributed by atoms with E-state index < -0.39 is 11.7 Å². The number of nitrogens with zero attached hydrogens (tertiary/aromatic N) is 1. The zero-order chi connectivity index (χ0) is 14.6. The smallest absolute Gasteiger partial charge is 0.383 e. The van der Waals surface area contributed by atoms with Gasteiger partial charge in [0, 0.05) is 47.8 Å². The van der Waals surface area contributed by atoms with E-state index in [-0.39, 0.29) is 5.69 Å². The highest BCUT2D eigenvalue weighted by molar-refractivity contribution is 9.10. The molecule has 7 heteroatoms. The summed E-state index contributed by atoms with van der Waals surface area (Å²) in [5, 5.41) is 2.91. The van der Waals surface area contributed by atoms with Crippen LogP contribution in [-0.4, -0.2) is 42.6 Å². The maximum absolute atomic E-state index is 12.9. The van der Waals surface area contributed by atoms with E-state index in [9.17, 15) is 13.2 Å². The molecule has 0 aliphatic carbocycles. The molecule has 0 atom stereocenters. The van der Waals surface area contributed by atoms with Crippen molar-refractivity contribution in [2.24, 2.45) is 0 Å². The Morgan fingerprint density at radius 3 is 2.60 bits per heavy atom. The normalized spacial score (nSPS) is 17.2. The molecule has 112 valence electrons. The highest BCUT2D eigenvalue weighted by atomic mass is 79.9. The van der Waals surface area contributed by atoms with E-state index >= 15 is 0 Å². The van der Waals surface area contributed by atoms with E-state index in [2.05, 4.69) is 26.1 Å². The van der Waals surface area contributed by atoms with Crippen molar-refractivity contribution < 1.29 is 13.2 Å². The van der Waals surface area contributed by atoms with Gasteiger partial charge in [-0.3, -0.25) is 4.90 Å². The van der Waals surface area contributed by atoms with Gasteiger partial charge >= 0.3 is 6.18 Å². The van der Waals surface area contributed by atoms with Gasteiger partial charge in [0.05, 0.1) is 5.56 Å². The second-order valence-electron chi connectivity index (χ2n) is 4.57. The number of nitrogens with one attached hydrogen (secondary N) is 1. The van der Waals surface area contributed by atoms with E-state index in [1.54, 1.807) is 0 Å². The molecule has 1 aliphatic heterocycles. The summed E-state index contributed by atoms with van der Waals surface area (Å²) < 4.78 is 39.3. The zero-order valence-electron chi connectivity index (χ0n) is 10.8. The maximum Gasteiger partial charge on any atom is 0.418 e. The molecule has 20 heavy (non-hydrogen) atoms. The molecule has 0 aromatic heterocycles. The third kappa shape index (κ3) is 4.56. The van der Waals surface area contributed by atoms with E-state index in [0.717, 1.165) is 37.2 Å². The molecule has 0 spiro atoms. The number of hydrogen-bond donors (Lipinski definition) is 1. The third-order valence-corrected chi connectivity index (χ3v) is 4.57. The molecule has 1 aromatic carbocycles. The second-order valence-corrected chi connectivity index (χ2v) is 6.71. The topological polar surface area (TPSA) is 15.3 Å². The first-order valence-corrected chi connectivity index (χ1v) is 8.32. The Labute approximate surface area is 129 Å². The van der Waals surface area contributed by atoms with Gasteiger partial charge in [-0.15, -0.1) is 0 Å². The fourth-order valence-corrected chi connectivity index (χ4v) is 3.42. The van der Waals surface area contributed by atoms with Crippen LogP contribution >= 0.6 is 27.7 Å². The van der Waals surface area contributed by atoms with Crippen LogP contribution in [0, 0.1) is 0 Å². The molecule has 1 aromatic rings. The third-order valence-electron chi connectivity index (χ3n) is 3.13. The standard InChI is InChI=1S/C13H16BrF3N2S/c14-10-1-2-11(13(15,16)17)12(9-10)18-3-4-19-5-7-20-8-6-19/h1-2,9,18H,3-8H2. The van der Waals surface area contributed by atoms with Crippen molar-refractivity contribution in [2.75, 3.05) is 43.0 Å². The molecule has 1 heterocycles. The lowest BCUT2D eigenvalue weighted by molar-refractivity contribution is -0.137. The Bertz CT molecular complexity index is 448. The largest absolute Gasteiger partial charge is 0.418 e. The van der Waals surface area contributed by atoms with Crippen LogP contribution in [0.25, 0.3) is 0 Å². The van der Waals surface area contributed by atoms with Gasteiger partial charge in [-0.05, 0) is 18.2 Å². The van der Waals surface area contributed by atoms with Crippen molar-refractivity contribution in [3.8, 4) is 0 Å². The van der Waals surface area contributed by atoms with Crippen LogP contribution in [0.4, 0.5) is 18.9 Å². The lowest BCUT2D eigenvalue weighted by atomic mass is 10.1. The molecule has 1 N–H and O–H groups in total. The SMILES string of the molecule is FC(F)(F)c1ccc(Br)cc1NCCN1CCSCC1. The number of alkyl halides is 3. The fourth-order valence-electron chi connectivity index (χ4n) is 2.08. The molecule has 0 bridgehead atoms. The zero-order valence-corrected chi connectivity index (χ0v) is 13.2. The van der Waals surface area contributed by atoms with Crippen molar-refractivity contribution >= 4 is 33.4 Å². The quantitative estimate of drug-likeness (QED) is 0.866. The molecule has 0 radical (unpaired) electrons. The Hall–Kier alpha value is -0.400. The van der Waals surface area contributed by atoms with Gasteiger partial charge in [-0.1, -0.05) is 15.9 Å². The van der Waals surface area contributed by atoms with Crippen LogP contribution in [0.5, 0.6) is 0 Å². The summed E-state index contributed by atoms with van der Waals surface area (Å²) in [4.78, 5) is 2.27. The Kier molecular flexibility index (Phi) is 5.63. The number of hydrogen-bond acceptors (Lipinski definition) is 3. The van der Waals surface area contributed by atoms with Crippen molar-refractivity contribution in [2.45, 2.75) is 6.18 Å². The summed E-state index contributed by atoms with van der Waals surface area (Å²) in [6, 6.07) is 3.99. The number of anilines is 1. The molecule has 1 saturated heterocycles. The molecular formula is C13H16BrF3N2S. The van der Waals surface area contributed by atoms with Gasteiger partial charge in [0.25, 0.3) is 0 Å². The van der Waals surface area contributed by atoms with E-state index in [1.165, 1.54) is 12.1 Å². The molecule has 2 nitrogen and oxygen atoms in total. The molecule has 0 unspecified atom stereocenters. The predicted molar refractivity (Wildman–Crippen MR) is 81.4 cm³/mol. The monoisotopic (exact) mass is 368 g/mol. The summed E-state index contributed by atoms with van der Waals surface area (Å²) in [5.74, 6) is 2.20. The molecule has 1 aliphatic rings. The molecule has 2 rings (SSSR count). The van der Waals surface area contributed by atoms with Gasteiger partial charge in [0.15, 0.2) is 0 Å². The summed E-state index contributed by atoms with van der Waals surface area (Å²) in [5.41, 5.74) is -0.479. The van der Waals surface area contributed by atoms with Crippen molar-refractivity contribution in [1.29, 1.82) is 0 Å². The number of thioether (sulfide) groups is 1. The first-order chi connectivity index (χ1) is 9.47. The maximum atomic E-state index is 12.9. The van der Waals surface area contributed by atoms with Gasteiger partial charge < -0.3 is 5.32 Å². The average Bonchev–Trinajstić information content (AvgIpc) is 2.38. The van der Waals surface area contributed by atoms with Crippen LogP contribution < -0.4 is 5.32 Å². The Morgan fingerprint density at radius 2 is 1.95 bits per heavy atom. The van der Waals surface area contributed by atoms with E-state index in [1.807, 2.05) is 11.8 Å². The number of halogens is 4. The lowest BCUT2D eigenvalue weighted by Gasteiger charge is -2.26. The van der Waals surface area contributed by atoms with Gasteiger partial charge in [0.2, 0.25) is 0 Å². The second kappa shape index (κ2) is 7.04. The van der Waals surface area contributed by atoms with Gasteiger partial charge in [-0.2, -0.15) is 24.9 Å². The molecular weight excluding hydrogens is 353 g/mol. The summed E-state index contributed by atoms with van der Waals surface area (Å²) >= 11 is 5.13. The van der Waals surface area contributed by atoms with Gasteiger partial charge in [0.1, 0.15) is 0 Å². The van der Waals surface area contributed by atoms with E-state index in [4.69, 9.17) is 0 Å². The Morgan fingerprint density at radius 1 is 1.25 bits per heavy atom. The first kappa shape index (κ1) is 16.0. The lowest BCUT2D eigenvalue weighted by Crippen LogP contribution is -2.36. The Balaban J connectivity index is 1.95. The summed E-state index contributed by atoms with van der Waals surface area (Å²) in [6.07, 6.45) is -4.33. The van der Waals surface area contributed by atoms with Crippen LogP contribution in [-0.2, 0) is 6.18 Å². The van der Waals surface area contributed by atoms with E-state index in [0.29, 0.717) is 11.0 Å². The van der Waals surface area contributed by atoms with Crippen LogP contribution in [0.1, 0.15) is 5.56 Å². The molecule has 1 fully saturated rings. The summed E-state index contributed by atoms with van der Waals surface area (Å²) in [7, 11) is 0. The minimum Gasteiger partial charge on any atom is -0.383 e. The minimum atomic E-state index is -4.33. The molecule has 0 amide bonds. The highest BCUT2D eigenvalue weighted by Gasteiger charge is 2.33. The fraction of sp³-hybridized carbons (Fsp3) is 0.538. The summed E-state index contributed by atoms with van der Waals surface area (Å²) in [6.45, 7) is 3.31.